The first kappa shape index (κ1) is 16.9. The first-order chi connectivity index (χ1) is 11.5. The first-order valence-electron chi connectivity index (χ1n) is 7.71. The molecule has 0 bridgehead atoms. The van der Waals surface area contributed by atoms with Crippen LogP contribution in [0.25, 0.3) is 10.9 Å². The number of aromatic nitrogens is 2. The summed E-state index contributed by atoms with van der Waals surface area (Å²) in [6.45, 7) is 2.43. The van der Waals surface area contributed by atoms with Crippen LogP contribution in [-0.4, -0.2) is 51.0 Å². The van der Waals surface area contributed by atoms with Crippen molar-refractivity contribution in [2.75, 3.05) is 37.5 Å². The number of nitrogens with one attached hydrogen (secondary N) is 1. The number of primary sulfonamides is 1. The molecule has 8 nitrogen and oxygen atoms in total. The molecule has 0 atom stereocenters. The van der Waals surface area contributed by atoms with Gasteiger partial charge in [-0.1, -0.05) is 0 Å². The maximum Gasteiger partial charge on any atom is 0.222 e. The zero-order valence-electron chi connectivity index (χ0n) is 13.5. The fourth-order valence-electron chi connectivity index (χ4n) is 2.85. The highest BCUT2D eigenvalue weighted by atomic mass is 32.2. The SMILES string of the molecule is COc1ccc2c(N3CC(CCNCS(N)(=O)=O)C3)ncnc2c1. The van der Waals surface area contributed by atoms with Crippen molar-refractivity contribution in [3.63, 3.8) is 0 Å². The fraction of sp³-hybridized carbons (Fsp3) is 0.467. The smallest absolute Gasteiger partial charge is 0.222 e. The van der Waals surface area contributed by atoms with Gasteiger partial charge in [0.25, 0.3) is 0 Å². The van der Waals surface area contributed by atoms with Crippen LogP contribution in [0.2, 0.25) is 0 Å². The van der Waals surface area contributed by atoms with Crippen LogP contribution in [0.4, 0.5) is 5.82 Å². The van der Waals surface area contributed by atoms with E-state index < -0.39 is 10.0 Å². The average Bonchev–Trinajstić information content (AvgIpc) is 2.51. The number of benzene rings is 1. The van der Waals surface area contributed by atoms with E-state index in [1.54, 1.807) is 13.4 Å². The molecule has 1 aliphatic heterocycles. The van der Waals surface area contributed by atoms with Gasteiger partial charge in [-0.3, -0.25) is 0 Å². The van der Waals surface area contributed by atoms with Gasteiger partial charge >= 0.3 is 0 Å². The molecule has 9 heteroatoms. The fourth-order valence-corrected chi connectivity index (χ4v) is 3.28. The van der Waals surface area contributed by atoms with Crippen LogP contribution < -0.4 is 20.1 Å². The largest absolute Gasteiger partial charge is 0.497 e. The maximum absolute atomic E-state index is 10.9. The van der Waals surface area contributed by atoms with E-state index in [-0.39, 0.29) is 5.88 Å². The van der Waals surface area contributed by atoms with Gasteiger partial charge in [0.2, 0.25) is 10.0 Å². The molecule has 0 spiro atoms. The summed E-state index contributed by atoms with van der Waals surface area (Å²) in [4.78, 5) is 10.9. The highest BCUT2D eigenvalue weighted by molar-refractivity contribution is 7.89. The van der Waals surface area contributed by atoms with E-state index in [0.29, 0.717) is 12.5 Å². The van der Waals surface area contributed by atoms with E-state index in [0.717, 1.165) is 42.0 Å². The monoisotopic (exact) mass is 351 g/mol. The summed E-state index contributed by atoms with van der Waals surface area (Å²) in [7, 11) is -1.81. The summed E-state index contributed by atoms with van der Waals surface area (Å²) in [5, 5.41) is 8.80. The predicted molar refractivity (Wildman–Crippen MR) is 92.4 cm³/mol. The Morgan fingerprint density at radius 1 is 1.38 bits per heavy atom. The predicted octanol–water partition coefficient (Wildman–Crippen LogP) is 0.300. The van der Waals surface area contributed by atoms with Crippen molar-refractivity contribution in [3.8, 4) is 5.75 Å². The lowest BCUT2D eigenvalue weighted by Crippen LogP contribution is -2.48. The topological polar surface area (TPSA) is 110 Å². The third kappa shape index (κ3) is 3.92. The number of nitrogens with two attached hydrogens (primary N) is 1. The van der Waals surface area contributed by atoms with Crippen LogP contribution in [0.1, 0.15) is 6.42 Å². The van der Waals surface area contributed by atoms with Crippen molar-refractivity contribution in [1.82, 2.24) is 15.3 Å². The Morgan fingerprint density at radius 2 is 2.17 bits per heavy atom. The molecule has 1 aliphatic rings. The van der Waals surface area contributed by atoms with Crippen LogP contribution in [0.3, 0.4) is 0 Å². The summed E-state index contributed by atoms with van der Waals surface area (Å²) in [5.74, 6) is 2.04. The normalized spacial score (nSPS) is 15.5. The Bertz CT molecular complexity index is 821. The summed E-state index contributed by atoms with van der Waals surface area (Å²) in [5.41, 5.74) is 0.859. The van der Waals surface area contributed by atoms with Gasteiger partial charge < -0.3 is 15.0 Å². The van der Waals surface area contributed by atoms with Crippen LogP contribution in [-0.2, 0) is 10.0 Å². The molecule has 0 radical (unpaired) electrons. The van der Waals surface area contributed by atoms with Gasteiger partial charge in [0.05, 0.1) is 12.6 Å². The third-order valence-corrected chi connectivity index (χ3v) is 4.72. The minimum atomic E-state index is -3.44. The molecule has 3 N–H and O–H groups in total. The lowest BCUT2D eigenvalue weighted by atomic mass is 9.96. The summed E-state index contributed by atoms with van der Waals surface area (Å²) < 4.78 is 26.9. The second-order valence-corrected chi connectivity index (χ2v) is 7.56. The van der Waals surface area contributed by atoms with Gasteiger partial charge in [-0.05, 0) is 31.0 Å². The van der Waals surface area contributed by atoms with E-state index in [4.69, 9.17) is 9.88 Å². The Labute approximate surface area is 141 Å². The number of nitrogens with zero attached hydrogens (tertiary/aromatic N) is 3. The number of hydrogen-bond acceptors (Lipinski definition) is 7. The number of sulfonamides is 1. The zero-order valence-corrected chi connectivity index (χ0v) is 14.3. The standard InChI is InChI=1S/C15H21N5O3S/c1-23-12-2-3-13-14(6-12)18-9-19-15(13)20-7-11(8-20)4-5-17-10-24(16,21)22/h2-3,6,9,11,17H,4-5,7-8,10H2,1H3,(H2,16,21,22). The second kappa shape index (κ2) is 6.88. The van der Waals surface area contributed by atoms with Crippen LogP contribution in [0.5, 0.6) is 5.75 Å². The zero-order chi connectivity index (χ0) is 17.2. The quantitative estimate of drug-likeness (QED) is 0.690. The molecule has 0 amide bonds. The maximum atomic E-state index is 10.9. The van der Waals surface area contributed by atoms with Gasteiger partial charge in [-0.15, -0.1) is 0 Å². The number of rotatable bonds is 7. The minimum Gasteiger partial charge on any atom is -0.497 e. The first-order valence-corrected chi connectivity index (χ1v) is 9.43. The molecule has 1 aromatic heterocycles. The Morgan fingerprint density at radius 3 is 2.88 bits per heavy atom. The number of methoxy groups -OCH3 is 1. The van der Waals surface area contributed by atoms with E-state index in [1.807, 2.05) is 18.2 Å². The molecule has 2 heterocycles. The summed E-state index contributed by atoms with van der Waals surface area (Å²) in [6.07, 6.45) is 2.47. The van der Waals surface area contributed by atoms with E-state index in [2.05, 4.69) is 20.2 Å². The van der Waals surface area contributed by atoms with E-state index in [9.17, 15) is 8.42 Å². The Hall–Kier alpha value is -1.97. The molecule has 0 saturated carbocycles. The highest BCUT2D eigenvalue weighted by Gasteiger charge is 2.28. The van der Waals surface area contributed by atoms with Crippen LogP contribution in [0, 0.1) is 5.92 Å². The molecule has 130 valence electrons. The lowest BCUT2D eigenvalue weighted by molar-refractivity contribution is 0.377. The average molecular weight is 351 g/mol. The molecule has 0 aliphatic carbocycles. The Balaban J connectivity index is 1.57. The van der Waals surface area contributed by atoms with Gasteiger partial charge in [0, 0.05) is 24.5 Å². The van der Waals surface area contributed by atoms with Crippen molar-refractivity contribution < 1.29 is 13.2 Å². The number of ether oxygens (including phenoxy) is 1. The van der Waals surface area contributed by atoms with Crippen molar-refractivity contribution in [2.45, 2.75) is 6.42 Å². The van der Waals surface area contributed by atoms with Crippen molar-refractivity contribution in [3.05, 3.63) is 24.5 Å². The van der Waals surface area contributed by atoms with E-state index in [1.165, 1.54) is 0 Å². The lowest BCUT2D eigenvalue weighted by Gasteiger charge is -2.40. The summed E-state index contributed by atoms with van der Waals surface area (Å²) in [6, 6.07) is 5.78. The Kier molecular flexibility index (Phi) is 4.83. The van der Waals surface area contributed by atoms with Crippen LogP contribution >= 0.6 is 0 Å². The van der Waals surface area contributed by atoms with Crippen molar-refractivity contribution in [2.24, 2.45) is 11.1 Å². The number of fused-ring (bicyclic) bond motifs is 1. The number of hydrogen-bond donors (Lipinski definition) is 2. The van der Waals surface area contributed by atoms with Gasteiger partial charge in [0.1, 0.15) is 23.8 Å². The minimum absolute atomic E-state index is 0.179. The van der Waals surface area contributed by atoms with Crippen molar-refractivity contribution >= 4 is 26.7 Å². The highest BCUT2D eigenvalue weighted by Crippen LogP contribution is 2.31. The second-order valence-electron chi connectivity index (χ2n) is 5.95. The van der Waals surface area contributed by atoms with Crippen molar-refractivity contribution in [1.29, 1.82) is 0 Å². The third-order valence-electron chi connectivity index (χ3n) is 4.11. The van der Waals surface area contributed by atoms with Gasteiger partial charge in [0.15, 0.2) is 0 Å². The summed E-state index contributed by atoms with van der Waals surface area (Å²) >= 11 is 0. The van der Waals surface area contributed by atoms with Crippen LogP contribution in [0.15, 0.2) is 24.5 Å². The van der Waals surface area contributed by atoms with Gasteiger partial charge in [-0.25, -0.2) is 23.5 Å². The molecule has 0 unspecified atom stereocenters. The molecule has 3 rings (SSSR count). The molecule has 1 saturated heterocycles. The molecular formula is C15H21N5O3S. The molecule has 1 aromatic carbocycles. The molecule has 2 aromatic rings. The van der Waals surface area contributed by atoms with Gasteiger partial charge in [-0.2, -0.15) is 0 Å². The van der Waals surface area contributed by atoms with E-state index >= 15 is 0 Å². The number of anilines is 1. The molecular weight excluding hydrogens is 330 g/mol. The molecule has 24 heavy (non-hydrogen) atoms. The molecule has 1 fully saturated rings.